The van der Waals surface area contributed by atoms with Gasteiger partial charge in [-0.05, 0) is 26.0 Å². The Morgan fingerprint density at radius 1 is 1.48 bits per heavy atom. The van der Waals surface area contributed by atoms with Crippen molar-refractivity contribution in [2.24, 2.45) is 0 Å². The van der Waals surface area contributed by atoms with Gasteiger partial charge < -0.3 is 15.5 Å². The summed E-state index contributed by atoms with van der Waals surface area (Å²) in [5.41, 5.74) is -3.41. The molecule has 0 saturated heterocycles. The first kappa shape index (κ1) is 16.5. The van der Waals surface area contributed by atoms with Crippen LogP contribution in [0.25, 0.3) is 0 Å². The maximum absolute atomic E-state index is 13.3. The highest BCUT2D eigenvalue weighted by Crippen LogP contribution is 2.24. The van der Waals surface area contributed by atoms with E-state index in [1.165, 1.54) is 6.92 Å². The van der Waals surface area contributed by atoms with Gasteiger partial charge in [0.25, 0.3) is 11.6 Å². The normalized spacial score (nSPS) is 13.3. The number of aliphatic hydroxyl groups is 1. The summed E-state index contributed by atoms with van der Waals surface area (Å²) in [6.45, 7) is 1.53. The van der Waals surface area contributed by atoms with Crippen LogP contribution in [0.5, 0.6) is 0 Å². The number of aliphatic carboxylic acids is 1. The van der Waals surface area contributed by atoms with Gasteiger partial charge in [0.2, 0.25) is 0 Å². The molecular formula is C12H13FN2O6. The predicted molar refractivity (Wildman–Crippen MR) is 68.4 cm³/mol. The molecule has 0 aliphatic heterocycles. The number of nitrogens with one attached hydrogen (secondary N) is 1. The van der Waals surface area contributed by atoms with E-state index in [4.69, 9.17) is 5.11 Å². The minimum Gasteiger partial charge on any atom is -0.479 e. The number of carbonyl (C=O) groups is 2. The van der Waals surface area contributed by atoms with Gasteiger partial charge in [-0.15, -0.1) is 0 Å². The van der Waals surface area contributed by atoms with E-state index in [0.29, 0.717) is 6.07 Å². The number of hydrogen-bond acceptors (Lipinski definition) is 5. The molecule has 0 radical (unpaired) electrons. The maximum Gasteiger partial charge on any atom is 0.337 e. The monoisotopic (exact) mass is 300 g/mol. The molecular weight excluding hydrogens is 287 g/mol. The number of aryl methyl sites for hydroxylation is 1. The fourth-order valence-electron chi connectivity index (χ4n) is 1.57. The number of carboxylic acid groups (broad SMARTS) is 1. The van der Waals surface area contributed by atoms with Crippen LogP contribution in [-0.4, -0.2) is 39.2 Å². The number of halogens is 1. The topological polar surface area (TPSA) is 130 Å². The second kappa shape index (κ2) is 5.83. The van der Waals surface area contributed by atoms with Crippen molar-refractivity contribution < 1.29 is 29.1 Å². The third-order valence-corrected chi connectivity index (χ3v) is 2.75. The minimum atomic E-state index is -2.24. The summed E-state index contributed by atoms with van der Waals surface area (Å²) in [5, 5.41) is 31.1. The number of nitro groups is 1. The van der Waals surface area contributed by atoms with E-state index in [2.05, 4.69) is 0 Å². The van der Waals surface area contributed by atoms with Crippen LogP contribution in [0.4, 0.5) is 10.1 Å². The third-order valence-electron chi connectivity index (χ3n) is 2.75. The second-order valence-electron chi connectivity index (χ2n) is 4.64. The van der Waals surface area contributed by atoms with Crippen LogP contribution in [0, 0.1) is 22.9 Å². The number of carbonyl (C=O) groups excluding carboxylic acids is 1. The first-order valence-corrected chi connectivity index (χ1v) is 5.75. The lowest BCUT2D eigenvalue weighted by Crippen LogP contribution is -2.46. The summed E-state index contributed by atoms with van der Waals surface area (Å²) in [6, 6.07) is 1.58. The van der Waals surface area contributed by atoms with E-state index in [9.17, 15) is 29.2 Å². The standard InChI is InChI=1S/C12H13FN2O6/c1-6-3-7(13)4-8(9(6)15(20)21)10(16)14-5-12(2,19)11(17)18/h3-4,19H,5H2,1-2H3,(H,14,16)(H,17,18). The zero-order chi connectivity index (χ0) is 16.4. The summed E-state index contributed by atoms with van der Waals surface area (Å²) in [6.07, 6.45) is 0. The Labute approximate surface area is 118 Å². The van der Waals surface area contributed by atoms with Gasteiger partial charge in [-0.25, -0.2) is 9.18 Å². The van der Waals surface area contributed by atoms with Crippen molar-refractivity contribution >= 4 is 17.6 Å². The molecule has 1 rings (SSSR count). The molecule has 0 spiro atoms. The molecule has 0 heterocycles. The molecule has 1 atom stereocenters. The Morgan fingerprint density at radius 2 is 2.05 bits per heavy atom. The predicted octanol–water partition coefficient (Wildman–Crippen LogP) is 0.608. The molecule has 1 aromatic carbocycles. The lowest BCUT2D eigenvalue weighted by Gasteiger charge is -2.18. The fourth-order valence-corrected chi connectivity index (χ4v) is 1.57. The van der Waals surface area contributed by atoms with Gasteiger partial charge in [0.15, 0.2) is 5.60 Å². The molecule has 9 heteroatoms. The van der Waals surface area contributed by atoms with E-state index >= 15 is 0 Å². The molecule has 3 N–H and O–H groups in total. The van der Waals surface area contributed by atoms with Crippen molar-refractivity contribution in [1.82, 2.24) is 5.32 Å². The van der Waals surface area contributed by atoms with Crippen molar-refractivity contribution in [3.05, 3.63) is 39.2 Å². The maximum atomic E-state index is 13.3. The SMILES string of the molecule is Cc1cc(F)cc(C(=O)NCC(C)(O)C(=O)O)c1[N+](=O)[O-]. The fraction of sp³-hybridized carbons (Fsp3) is 0.333. The van der Waals surface area contributed by atoms with Crippen LogP contribution in [0.2, 0.25) is 0 Å². The van der Waals surface area contributed by atoms with E-state index in [-0.39, 0.29) is 5.56 Å². The highest BCUT2D eigenvalue weighted by molar-refractivity contribution is 5.99. The van der Waals surface area contributed by atoms with Gasteiger partial charge >= 0.3 is 5.97 Å². The van der Waals surface area contributed by atoms with Gasteiger partial charge in [0, 0.05) is 5.56 Å². The number of rotatable bonds is 5. The third kappa shape index (κ3) is 3.72. The molecule has 1 aromatic rings. The van der Waals surface area contributed by atoms with Crippen LogP contribution in [-0.2, 0) is 4.79 Å². The van der Waals surface area contributed by atoms with Gasteiger partial charge in [-0.1, -0.05) is 0 Å². The van der Waals surface area contributed by atoms with E-state index in [1.807, 2.05) is 5.32 Å². The summed E-state index contributed by atoms with van der Waals surface area (Å²) in [5.74, 6) is -3.47. The zero-order valence-corrected chi connectivity index (χ0v) is 11.2. The van der Waals surface area contributed by atoms with Crippen LogP contribution >= 0.6 is 0 Å². The summed E-state index contributed by atoms with van der Waals surface area (Å²) < 4.78 is 13.3. The quantitative estimate of drug-likeness (QED) is 0.539. The van der Waals surface area contributed by atoms with Crippen molar-refractivity contribution in [3.63, 3.8) is 0 Å². The highest BCUT2D eigenvalue weighted by atomic mass is 19.1. The number of amides is 1. The molecule has 8 nitrogen and oxygen atoms in total. The number of hydrogen-bond donors (Lipinski definition) is 3. The molecule has 0 aromatic heterocycles. The molecule has 0 aliphatic rings. The van der Waals surface area contributed by atoms with E-state index in [1.54, 1.807) is 0 Å². The molecule has 114 valence electrons. The summed E-state index contributed by atoms with van der Waals surface area (Å²) in [4.78, 5) is 32.6. The van der Waals surface area contributed by atoms with Gasteiger partial charge in [0.05, 0.1) is 11.5 Å². The summed E-state index contributed by atoms with van der Waals surface area (Å²) >= 11 is 0. The zero-order valence-electron chi connectivity index (χ0n) is 11.2. The minimum absolute atomic E-state index is 0.0462. The van der Waals surface area contributed by atoms with Crippen molar-refractivity contribution in [1.29, 1.82) is 0 Å². The Hall–Kier alpha value is -2.55. The largest absolute Gasteiger partial charge is 0.479 e. The Morgan fingerprint density at radius 3 is 2.52 bits per heavy atom. The van der Waals surface area contributed by atoms with Crippen molar-refractivity contribution in [2.75, 3.05) is 6.54 Å². The van der Waals surface area contributed by atoms with Gasteiger partial charge in [0.1, 0.15) is 11.4 Å². The molecule has 0 fully saturated rings. The average Bonchev–Trinajstić information content (AvgIpc) is 2.34. The van der Waals surface area contributed by atoms with Crippen molar-refractivity contribution in [3.8, 4) is 0 Å². The van der Waals surface area contributed by atoms with Crippen LogP contribution in [0.3, 0.4) is 0 Å². The number of benzene rings is 1. The average molecular weight is 300 g/mol. The van der Waals surface area contributed by atoms with E-state index < -0.39 is 46.0 Å². The Balaban J connectivity index is 3.08. The van der Waals surface area contributed by atoms with Crippen LogP contribution in [0.15, 0.2) is 12.1 Å². The molecule has 0 saturated carbocycles. The first-order valence-electron chi connectivity index (χ1n) is 5.75. The van der Waals surface area contributed by atoms with Crippen LogP contribution < -0.4 is 5.32 Å². The summed E-state index contributed by atoms with van der Waals surface area (Å²) in [7, 11) is 0. The van der Waals surface area contributed by atoms with E-state index in [0.717, 1.165) is 13.0 Å². The van der Waals surface area contributed by atoms with Gasteiger partial charge in [-0.2, -0.15) is 0 Å². The molecule has 21 heavy (non-hydrogen) atoms. The Kier molecular flexibility index (Phi) is 4.58. The highest BCUT2D eigenvalue weighted by Gasteiger charge is 2.32. The van der Waals surface area contributed by atoms with Crippen LogP contribution in [0.1, 0.15) is 22.8 Å². The molecule has 1 amide bonds. The Bertz CT molecular complexity index is 614. The smallest absolute Gasteiger partial charge is 0.337 e. The van der Waals surface area contributed by atoms with Gasteiger partial charge in [-0.3, -0.25) is 14.9 Å². The molecule has 0 aliphatic carbocycles. The number of nitrogens with zero attached hydrogens (tertiary/aromatic N) is 1. The lowest BCUT2D eigenvalue weighted by molar-refractivity contribution is -0.385. The molecule has 1 unspecified atom stereocenters. The number of carboxylic acids is 1. The van der Waals surface area contributed by atoms with Crippen molar-refractivity contribution in [2.45, 2.75) is 19.4 Å². The lowest BCUT2D eigenvalue weighted by atomic mass is 10.1. The first-order chi connectivity index (χ1) is 9.56. The second-order valence-corrected chi connectivity index (χ2v) is 4.64. The number of nitro benzene ring substituents is 1. The molecule has 0 bridgehead atoms.